The summed E-state index contributed by atoms with van der Waals surface area (Å²) in [4.78, 5) is 0. The molecule has 4 heteroatoms. The summed E-state index contributed by atoms with van der Waals surface area (Å²) in [6, 6.07) is 10.4. The van der Waals surface area contributed by atoms with Crippen LogP contribution in [0, 0.1) is 5.92 Å². The predicted molar refractivity (Wildman–Crippen MR) is 91.1 cm³/mol. The second kappa shape index (κ2) is 7.99. The van der Waals surface area contributed by atoms with E-state index < -0.39 is 0 Å². The Morgan fingerprint density at radius 2 is 1.86 bits per heavy atom. The van der Waals surface area contributed by atoms with Gasteiger partial charge in [0.05, 0.1) is 18.5 Å². The normalized spacial score (nSPS) is 11.1. The van der Waals surface area contributed by atoms with E-state index in [2.05, 4.69) is 42.0 Å². The fourth-order valence-electron chi connectivity index (χ4n) is 2.66. The van der Waals surface area contributed by atoms with Gasteiger partial charge in [-0.05, 0) is 43.3 Å². The van der Waals surface area contributed by atoms with Crippen LogP contribution < -0.4 is 10.1 Å². The first kappa shape index (κ1) is 16.6. The zero-order valence-corrected chi connectivity index (χ0v) is 14.1. The summed E-state index contributed by atoms with van der Waals surface area (Å²) in [6.45, 7) is 6.26. The largest absolute Gasteiger partial charge is 0.497 e. The van der Waals surface area contributed by atoms with Crippen LogP contribution in [0.2, 0.25) is 0 Å². The number of nitrogens with one attached hydrogen (secondary N) is 1. The van der Waals surface area contributed by atoms with E-state index >= 15 is 0 Å². The summed E-state index contributed by atoms with van der Waals surface area (Å²) in [5.74, 6) is 1.55. The summed E-state index contributed by atoms with van der Waals surface area (Å²) < 4.78 is 7.40. The van der Waals surface area contributed by atoms with Crippen LogP contribution in [0.1, 0.15) is 32.4 Å². The van der Waals surface area contributed by atoms with Gasteiger partial charge in [-0.2, -0.15) is 5.10 Å². The molecule has 4 nitrogen and oxygen atoms in total. The molecule has 2 rings (SSSR count). The van der Waals surface area contributed by atoms with Crippen molar-refractivity contribution in [2.45, 2.75) is 39.8 Å². The SMILES string of the molecule is CCC(CC)Cn1nc(CNC)cc1-c1ccc(OC)cc1. The topological polar surface area (TPSA) is 39.1 Å². The number of aromatic nitrogens is 2. The molecule has 1 aromatic carbocycles. The number of methoxy groups -OCH3 is 1. The fraction of sp³-hybridized carbons (Fsp3) is 0.500. The van der Waals surface area contributed by atoms with E-state index in [-0.39, 0.29) is 0 Å². The minimum Gasteiger partial charge on any atom is -0.497 e. The number of ether oxygens (including phenoxy) is 1. The van der Waals surface area contributed by atoms with Gasteiger partial charge in [0, 0.05) is 18.7 Å². The Kier molecular flexibility index (Phi) is 6.01. The highest BCUT2D eigenvalue weighted by Crippen LogP contribution is 2.25. The maximum atomic E-state index is 5.25. The van der Waals surface area contributed by atoms with Crippen LogP contribution in [-0.4, -0.2) is 23.9 Å². The van der Waals surface area contributed by atoms with Gasteiger partial charge in [0.25, 0.3) is 0 Å². The standard InChI is InChI=1S/C18H27N3O/c1-5-14(6-2)13-21-18(11-16(20-21)12-19-3)15-7-9-17(22-4)10-8-15/h7-11,14,19H,5-6,12-13H2,1-4H3. The molecule has 0 atom stereocenters. The molecule has 0 aliphatic heterocycles. The van der Waals surface area contributed by atoms with Crippen molar-refractivity contribution in [3.63, 3.8) is 0 Å². The minimum atomic E-state index is 0.666. The number of rotatable bonds is 8. The number of benzene rings is 1. The molecule has 0 bridgehead atoms. The number of hydrogen-bond acceptors (Lipinski definition) is 3. The van der Waals surface area contributed by atoms with E-state index in [4.69, 9.17) is 9.84 Å². The van der Waals surface area contributed by atoms with Crippen LogP contribution in [0.5, 0.6) is 5.75 Å². The molecule has 1 N–H and O–H groups in total. The maximum Gasteiger partial charge on any atom is 0.118 e. The van der Waals surface area contributed by atoms with E-state index in [1.807, 2.05) is 19.2 Å². The van der Waals surface area contributed by atoms with Crippen LogP contribution >= 0.6 is 0 Å². The van der Waals surface area contributed by atoms with Gasteiger partial charge in [-0.1, -0.05) is 26.7 Å². The summed E-state index contributed by atoms with van der Waals surface area (Å²) >= 11 is 0. The molecule has 1 heterocycles. The van der Waals surface area contributed by atoms with Gasteiger partial charge >= 0.3 is 0 Å². The minimum absolute atomic E-state index is 0.666. The molecule has 0 unspecified atom stereocenters. The lowest BCUT2D eigenvalue weighted by Gasteiger charge is -2.15. The van der Waals surface area contributed by atoms with E-state index in [1.54, 1.807) is 7.11 Å². The Balaban J connectivity index is 2.33. The van der Waals surface area contributed by atoms with Crippen LogP contribution in [-0.2, 0) is 13.1 Å². The third-order valence-electron chi connectivity index (χ3n) is 4.16. The Bertz CT molecular complexity index is 571. The molecule has 0 spiro atoms. The highest BCUT2D eigenvalue weighted by Gasteiger charge is 2.13. The second-order valence-corrected chi connectivity index (χ2v) is 5.64. The summed E-state index contributed by atoms with van der Waals surface area (Å²) in [5.41, 5.74) is 3.45. The lowest BCUT2D eigenvalue weighted by molar-refractivity contribution is 0.396. The van der Waals surface area contributed by atoms with Gasteiger partial charge in [-0.15, -0.1) is 0 Å². The molecule has 0 saturated heterocycles. The monoisotopic (exact) mass is 301 g/mol. The van der Waals surface area contributed by atoms with Crippen molar-refractivity contribution in [2.75, 3.05) is 14.2 Å². The average Bonchev–Trinajstić information content (AvgIpc) is 2.95. The quantitative estimate of drug-likeness (QED) is 0.808. The van der Waals surface area contributed by atoms with Gasteiger partial charge < -0.3 is 10.1 Å². The summed E-state index contributed by atoms with van der Waals surface area (Å²) in [7, 11) is 3.64. The van der Waals surface area contributed by atoms with Crippen molar-refractivity contribution in [3.8, 4) is 17.0 Å². The number of nitrogens with zero attached hydrogens (tertiary/aromatic N) is 2. The van der Waals surface area contributed by atoms with Gasteiger partial charge in [-0.25, -0.2) is 0 Å². The predicted octanol–water partition coefficient (Wildman–Crippen LogP) is 3.71. The highest BCUT2D eigenvalue weighted by atomic mass is 16.5. The molecule has 0 aliphatic carbocycles. The summed E-state index contributed by atoms with van der Waals surface area (Å²) in [6.07, 6.45) is 2.36. The van der Waals surface area contributed by atoms with Crippen molar-refractivity contribution in [2.24, 2.45) is 5.92 Å². The van der Waals surface area contributed by atoms with Crippen LogP contribution in [0.4, 0.5) is 0 Å². The van der Waals surface area contributed by atoms with Crippen LogP contribution in [0.3, 0.4) is 0 Å². The van der Waals surface area contributed by atoms with Crippen molar-refractivity contribution in [1.82, 2.24) is 15.1 Å². The fourth-order valence-corrected chi connectivity index (χ4v) is 2.66. The van der Waals surface area contributed by atoms with E-state index in [1.165, 1.54) is 24.1 Å². The molecule has 2 aromatic rings. The van der Waals surface area contributed by atoms with E-state index in [0.717, 1.165) is 24.5 Å². The summed E-state index contributed by atoms with van der Waals surface area (Å²) in [5, 5.41) is 7.96. The molecular formula is C18H27N3O. The third-order valence-corrected chi connectivity index (χ3v) is 4.16. The average molecular weight is 301 g/mol. The zero-order chi connectivity index (χ0) is 15.9. The van der Waals surface area contributed by atoms with Crippen molar-refractivity contribution >= 4 is 0 Å². The third kappa shape index (κ3) is 3.89. The van der Waals surface area contributed by atoms with E-state index in [0.29, 0.717) is 5.92 Å². The van der Waals surface area contributed by atoms with Gasteiger partial charge in [-0.3, -0.25) is 4.68 Å². The first-order valence-electron chi connectivity index (χ1n) is 8.07. The second-order valence-electron chi connectivity index (χ2n) is 5.64. The van der Waals surface area contributed by atoms with E-state index in [9.17, 15) is 0 Å². The first-order valence-corrected chi connectivity index (χ1v) is 8.07. The van der Waals surface area contributed by atoms with Gasteiger partial charge in [0.15, 0.2) is 0 Å². The lowest BCUT2D eigenvalue weighted by atomic mass is 10.0. The molecule has 22 heavy (non-hydrogen) atoms. The highest BCUT2D eigenvalue weighted by molar-refractivity contribution is 5.61. The Morgan fingerprint density at radius 3 is 2.41 bits per heavy atom. The smallest absolute Gasteiger partial charge is 0.118 e. The zero-order valence-electron chi connectivity index (χ0n) is 14.1. The molecule has 0 radical (unpaired) electrons. The molecule has 0 amide bonds. The Labute approximate surface area is 133 Å². The van der Waals surface area contributed by atoms with Gasteiger partial charge in [0.1, 0.15) is 5.75 Å². The van der Waals surface area contributed by atoms with Crippen LogP contribution in [0.25, 0.3) is 11.3 Å². The Hall–Kier alpha value is -1.81. The van der Waals surface area contributed by atoms with Crippen molar-refractivity contribution in [3.05, 3.63) is 36.0 Å². The van der Waals surface area contributed by atoms with Gasteiger partial charge in [0.2, 0.25) is 0 Å². The molecule has 1 aromatic heterocycles. The number of hydrogen-bond donors (Lipinski definition) is 1. The Morgan fingerprint density at radius 1 is 1.18 bits per heavy atom. The maximum absolute atomic E-state index is 5.25. The molecule has 120 valence electrons. The lowest BCUT2D eigenvalue weighted by Crippen LogP contribution is -2.13. The molecular weight excluding hydrogens is 274 g/mol. The molecule has 0 saturated carbocycles. The van der Waals surface area contributed by atoms with Crippen LogP contribution in [0.15, 0.2) is 30.3 Å². The van der Waals surface area contributed by atoms with Crippen molar-refractivity contribution < 1.29 is 4.74 Å². The first-order chi connectivity index (χ1) is 10.7. The molecule has 0 aliphatic rings. The molecule has 0 fully saturated rings. The van der Waals surface area contributed by atoms with Crippen molar-refractivity contribution in [1.29, 1.82) is 0 Å².